The lowest BCUT2D eigenvalue weighted by atomic mass is 10.1. The molecule has 5 nitrogen and oxygen atoms in total. The Morgan fingerprint density at radius 3 is 2.44 bits per heavy atom. The standard InChI is InChI=1S/C26H36N2O3S/c1-6-20(4)27-26(30)24(7-2)28(16-21-11-9-13-23(15-21)31-5)25(29)18-32-17-22-12-8-10-19(3)14-22/h8-15,20,24H,6-7,16-18H2,1-5H3,(H,27,30)/t20-,24-/m0/s1. The van der Waals surface area contributed by atoms with Crippen LogP contribution in [0.25, 0.3) is 0 Å². The molecule has 0 fully saturated rings. The van der Waals surface area contributed by atoms with Gasteiger partial charge in [-0.1, -0.05) is 55.8 Å². The maximum atomic E-state index is 13.3. The Labute approximate surface area is 196 Å². The summed E-state index contributed by atoms with van der Waals surface area (Å²) < 4.78 is 5.34. The minimum atomic E-state index is -0.512. The first-order valence-corrected chi connectivity index (χ1v) is 12.4. The van der Waals surface area contributed by atoms with E-state index in [1.807, 2.05) is 51.1 Å². The maximum Gasteiger partial charge on any atom is 0.243 e. The summed E-state index contributed by atoms with van der Waals surface area (Å²) in [7, 11) is 1.62. The first-order valence-electron chi connectivity index (χ1n) is 11.2. The monoisotopic (exact) mass is 456 g/mol. The second-order valence-electron chi connectivity index (χ2n) is 8.10. The van der Waals surface area contributed by atoms with Crippen molar-refractivity contribution in [3.8, 4) is 5.75 Å². The Bertz CT molecular complexity index is 887. The third-order valence-corrected chi connectivity index (χ3v) is 6.44. The zero-order valence-electron chi connectivity index (χ0n) is 19.9. The van der Waals surface area contributed by atoms with E-state index < -0.39 is 6.04 Å². The lowest BCUT2D eigenvalue weighted by molar-refractivity contribution is -0.139. The van der Waals surface area contributed by atoms with Gasteiger partial charge >= 0.3 is 0 Å². The molecule has 0 saturated carbocycles. The highest BCUT2D eigenvalue weighted by molar-refractivity contribution is 7.99. The number of aryl methyl sites for hydroxylation is 1. The van der Waals surface area contributed by atoms with E-state index in [2.05, 4.69) is 30.4 Å². The van der Waals surface area contributed by atoms with Crippen molar-refractivity contribution in [3.63, 3.8) is 0 Å². The molecule has 1 N–H and O–H groups in total. The second kappa shape index (κ2) is 13.2. The van der Waals surface area contributed by atoms with E-state index in [1.165, 1.54) is 11.1 Å². The summed E-state index contributed by atoms with van der Waals surface area (Å²) in [6.45, 7) is 8.40. The predicted octanol–water partition coefficient (Wildman–Crippen LogP) is 4.96. The molecule has 32 heavy (non-hydrogen) atoms. The van der Waals surface area contributed by atoms with Crippen LogP contribution in [0.3, 0.4) is 0 Å². The van der Waals surface area contributed by atoms with Gasteiger partial charge in [0.05, 0.1) is 12.9 Å². The maximum absolute atomic E-state index is 13.3. The van der Waals surface area contributed by atoms with Gasteiger partial charge in [0.15, 0.2) is 0 Å². The van der Waals surface area contributed by atoms with Crippen LogP contribution < -0.4 is 10.1 Å². The van der Waals surface area contributed by atoms with Crippen LogP contribution in [0.2, 0.25) is 0 Å². The van der Waals surface area contributed by atoms with Crippen LogP contribution in [-0.4, -0.2) is 41.7 Å². The Balaban J connectivity index is 2.16. The number of amides is 2. The number of nitrogens with one attached hydrogen (secondary N) is 1. The SMILES string of the molecule is CC[C@H](C)NC(=O)[C@H](CC)N(Cc1cccc(OC)c1)C(=O)CSCc1cccc(C)c1. The number of ether oxygens (including phenoxy) is 1. The van der Waals surface area contributed by atoms with Crippen LogP contribution in [0.15, 0.2) is 48.5 Å². The van der Waals surface area contributed by atoms with Crippen LogP contribution in [-0.2, 0) is 21.9 Å². The molecule has 174 valence electrons. The number of rotatable bonds is 12. The van der Waals surface area contributed by atoms with E-state index in [1.54, 1.807) is 23.8 Å². The van der Waals surface area contributed by atoms with E-state index >= 15 is 0 Å². The molecular formula is C26H36N2O3S. The van der Waals surface area contributed by atoms with Crippen LogP contribution in [0.1, 0.15) is 50.3 Å². The van der Waals surface area contributed by atoms with Crippen LogP contribution >= 0.6 is 11.8 Å². The highest BCUT2D eigenvalue weighted by Crippen LogP contribution is 2.20. The molecule has 0 aliphatic heterocycles. The minimum absolute atomic E-state index is 0.0309. The molecule has 2 rings (SSSR count). The van der Waals surface area contributed by atoms with Crippen molar-refractivity contribution in [2.45, 2.75) is 64.9 Å². The average Bonchev–Trinajstić information content (AvgIpc) is 2.78. The summed E-state index contributed by atoms with van der Waals surface area (Å²) in [5.74, 6) is 1.70. The minimum Gasteiger partial charge on any atom is -0.497 e. The van der Waals surface area contributed by atoms with Crippen molar-refractivity contribution in [1.82, 2.24) is 10.2 Å². The Hall–Kier alpha value is -2.47. The summed E-state index contributed by atoms with van der Waals surface area (Å²) in [6, 6.07) is 15.5. The van der Waals surface area contributed by atoms with Crippen molar-refractivity contribution in [1.29, 1.82) is 0 Å². The first-order chi connectivity index (χ1) is 15.4. The molecule has 2 aromatic carbocycles. The topological polar surface area (TPSA) is 58.6 Å². The molecule has 2 atom stereocenters. The van der Waals surface area contributed by atoms with Gasteiger partial charge in [0.25, 0.3) is 0 Å². The van der Waals surface area contributed by atoms with Crippen molar-refractivity contribution in [3.05, 3.63) is 65.2 Å². The molecule has 0 aliphatic rings. The van der Waals surface area contributed by atoms with E-state index in [0.717, 1.165) is 23.5 Å². The quantitative estimate of drug-likeness (QED) is 0.490. The number of thioether (sulfide) groups is 1. The Morgan fingerprint density at radius 2 is 1.78 bits per heavy atom. The molecule has 0 aromatic heterocycles. The fraction of sp³-hybridized carbons (Fsp3) is 0.462. The fourth-order valence-electron chi connectivity index (χ4n) is 3.47. The Kier molecular flexibility index (Phi) is 10.6. The third kappa shape index (κ3) is 7.90. The largest absolute Gasteiger partial charge is 0.497 e. The van der Waals surface area contributed by atoms with Gasteiger partial charge < -0.3 is 15.0 Å². The third-order valence-electron chi connectivity index (χ3n) is 5.45. The summed E-state index contributed by atoms with van der Waals surface area (Å²) in [5, 5.41) is 3.05. The van der Waals surface area contributed by atoms with Gasteiger partial charge in [-0.15, -0.1) is 11.8 Å². The zero-order chi connectivity index (χ0) is 23.5. The molecule has 2 aromatic rings. The highest BCUT2D eigenvalue weighted by atomic mass is 32.2. The predicted molar refractivity (Wildman–Crippen MR) is 133 cm³/mol. The molecule has 0 bridgehead atoms. The van der Waals surface area contributed by atoms with Gasteiger partial charge in [0, 0.05) is 18.3 Å². The van der Waals surface area contributed by atoms with Crippen molar-refractivity contribution >= 4 is 23.6 Å². The number of nitrogens with zero attached hydrogens (tertiary/aromatic N) is 1. The molecular weight excluding hydrogens is 420 g/mol. The van der Waals surface area contributed by atoms with Crippen LogP contribution in [0.4, 0.5) is 0 Å². The number of methoxy groups -OCH3 is 1. The number of carbonyl (C=O) groups excluding carboxylic acids is 2. The van der Waals surface area contributed by atoms with E-state index in [0.29, 0.717) is 18.7 Å². The number of benzene rings is 2. The lowest BCUT2D eigenvalue weighted by Gasteiger charge is -2.31. The van der Waals surface area contributed by atoms with Crippen molar-refractivity contribution < 1.29 is 14.3 Å². The normalized spacial score (nSPS) is 12.7. The average molecular weight is 457 g/mol. The van der Waals surface area contributed by atoms with Gasteiger partial charge in [-0.05, 0) is 49.9 Å². The van der Waals surface area contributed by atoms with Crippen LogP contribution in [0, 0.1) is 6.92 Å². The number of hydrogen-bond donors (Lipinski definition) is 1. The number of carbonyl (C=O) groups is 2. The molecule has 6 heteroatoms. The van der Waals surface area contributed by atoms with E-state index in [4.69, 9.17) is 4.74 Å². The molecule has 0 saturated heterocycles. The van der Waals surface area contributed by atoms with Gasteiger partial charge in [0.1, 0.15) is 11.8 Å². The molecule has 0 aliphatic carbocycles. The smallest absolute Gasteiger partial charge is 0.243 e. The van der Waals surface area contributed by atoms with Crippen molar-refractivity contribution in [2.75, 3.05) is 12.9 Å². The molecule has 0 spiro atoms. The first kappa shape index (κ1) is 25.8. The summed E-state index contributed by atoms with van der Waals surface area (Å²) in [6.07, 6.45) is 1.40. The second-order valence-corrected chi connectivity index (χ2v) is 9.08. The zero-order valence-corrected chi connectivity index (χ0v) is 20.7. The highest BCUT2D eigenvalue weighted by Gasteiger charge is 2.29. The van der Waals surface area contributed by atoms with Gasteiger partial charge in [-0.2, -0.15) is 0 Å². The summed E-state index contributed by atoms with van der Waals surface area (Å²) in [5.41, 5.74) is 3.35. The molecule has 0 unspecified atom stereocenters. The molecule has 0 heterocycles. The van der Waals surface area contributed by atoms with Gasteiger partial charge in [-0.25, -0.2) is 0 Å². The van der Waals surface area contributed by atoms with E-state index in [9.17, 15) is 9.59 Å². The number of hydrogen-bond acceptors (Lipinski definition) is 4. The molecule has 0 radical (unpaired) electrons. The summed E-state index contributed by atoms with van der Waals surface area (Å²) >= 11 is 1.58. The Morgan fingerprint density at radius 1 is 1.06 bits per heavy atom. The lowest BCUT2D eigenvalue weighted by Crippen LogP contribution is -2.51. The van der Waals surface area contributed by atoms with Gasteiger partial charge in [-0.3, -0.25) is 9.59 Å². The fourth-order valence-corrected chi connectivity index (χ4v) is 4.33. The van der Waals surface area contributed by atoms with Crippen molar-refractivity contribution in [2.24, 2.45) is 0 Å². The molecule has 2 amide bonds. The van der Waals surface area contributed by atoms with Gasteiger partial charge in [0.2, 0.25) is 11.8 Å². The summed E-state index contributed by atoms with van der Waals surface area (Å²) in [4.78, 5) is 28.0. The van der Waals surface area contributed by atoms with Crippen LogP contribution in [0.5, 0.6) is 5.75 Å². The van der Waals surface area contributed by atoms with E-state index in [-0.39, 0.29) is 17.9 Å².